The van der Waals surface area contributed by atoms with E-state index in [1.807, 2.05) is 19.9 Å². The lowest BCUT2D eigenvalue weighted by molar-refractivity contribution is 0.0991. The molecule has 0 bridgehead atoms. The van der Waals surface area contributed by atoms with Crippen LogP contribution in [0, 0.1) is 5.82 Å². The molecule has 2 heterocycles. The summed E-state index contributed by atoms with van der Waals surface area (Å²) >= 11 is 0. The molecule has 0 spiro atoms. The third-order valence-electron chi connectivity index (χ3n) is 3.44. The van der Waals surface area contributed by atoms with Crippen molar-refractivity contribution in [3.63, 3.8) is 0 Å². The third-order valence-corrected chi connectivity index (χ3v) is 3.44. The van der Waals surface area contributed by atoms with Gasteiger partial charge in [0.05, 0.1) is 0 Å². The first-order chi connectivity index (χ1) is 8.41. The molecule has 0 radical (unpaired) electrons. The minimum Gasteiger partial charge on any atom is -0.364 e. The maximum absolute atomic E-state index is 14.1. The highest BCUT2D eigenvalue weighted by molar-refractivity contribution is 6.04. The minimum atomic E-state index is -0.841. The van der Waals surface area contributed by atoms with Crippen LogP contribution in [0.5, 0.6) is 0 Å². The average Bonchev–Trinajstić information content (AvgIpc) is 2.83. The lowest BCUT2D eigenvalue weighted by Gasteiger charge is -2.26. The van der Waals surface area contributed by atoms with Crippen LogP contribution >= 0.6 is 0 Å². The Labute approximate surface area is 106 Å². The predicted molar refractivity (Wildman–Crippen MR) is 68.6 cm³/mol. The molecule has 1 saturated heterocycles. The van der Waals surface area contributed by atoms with E-state index in [-0.39, 0.29) is 11.7 Å². The summed E-state index contributed by atoms with van der Waals surface area (Å²) in [7, 11) is 5.46. The van der Waals surface area contributed by atoms with Gasteiger partial charge in [-0.1, -0.05) is 0 Å². The molecule has 1 atom stereocenters. The fourth-order valence-corrected chi connectivity index (χ4v) is 2.43. The van der Waals surface area contributed by atoms with E-state index in [2.05, 4.69) is 9.91 Å². The predicted octanol–water partition coefficient (Wildman–Crippen LogP) is -1.28. The van der Waals surface area contributed by atoms with Crippen LogP contribution in [0.1, 0.15) is 16.9 Å². The quantitative estimate of drug-likeness (QED) is 0.681. The largest absolute Gasteiger partial charge is 0.364 e. The number of likely N-dealkylation sites (N-methyl/N-ethyl adjacent to an activating group) is 1. The highest BCUT2D eigenvalue weighted by Gasteiger charge is 2.29. The summed E-state index contributed by atoms with van der Waals surface area (Å²) in [5.41, 5.74) is 4.79. The maximum atomic E-state index is 14.1. The number of rotatable bonds is 3. The van der Waals surface area contributed by atoms with Gasteiger partial charge in [-0.05, 0) is 13.0 Å². The second-order valence-electron chi connectivity index (χ2n) is 4.79. The molecule has 1 aliphatic rings. The molecule has 0 aromatic carbocycles. The van der Waals surface area contributed by atoms with Crippen molar-refractivity contribution in [2.24, 2.45) is 12.8 Å². The zero-order valence-electron chi connectivity index (χ0n) is 10.9. The van der Waals surface area contributed by atoms with E-state index in [9.17, 15) is 9.18 Å². The molecule has 98 valence electrons. The van der Waals surface area contributed by atoms with Gasteiger partial charge >= 0.3 is 0 Å². The molecule has 2 rings (SSSR count). The monoisotopic (exact) mass is 253 g/mol. The van der Waals surface area contributed by atoms with Gasteiger partial charge in [-0.2, -0.15) is 5.10 Å². The smallest absolute Gasteiger partial charge is 0.272 e. The van der Waals surface area contributed by atoms with Gasteiger partial charge in [0.25, 0.3) is 5.91 Å². The Hall–Kier alpha value is -1.57. The molecular weight excluding hydrogens is 236 g/mol. The number of carbonyl (C=O) groups is 1. The summed E-state index contributed by atoms with van der Waals surface area (Å²) in [6.07, 6.45) is 0.962. The minimum absolute atomic E-state index is 0.223. The molecule has 8 heteroatoms. The number of aromatic nitrogens is 2. The summed E-state index contributed by atoms with van der Waals surface area (Å²) in [6.45, 7) is 1.85. The second-order valence-corrected chi connectivity index (χ2v) is 4.79. The van der Waals surface area contributed by atoms with Crippen molar-refractivity contribution in [3.8, 4) is 0 Å². The average molecular weight is 253 g/mol. The summed E-state index contributed by atoms with van der Waals surface area (Å²) < 4.78 is 15.5. The number of aryl methyl sites for hydroxylation is 1. The van der Waals surface area contributed by atoms with Gasteiger partial charge in [-0.3, -0.25) is 4.79 Å². The number of carbonyl (C=O) groups excluding carboxylic acids is 1. The van der Waals surface area contributed by atoms with Crippen LogP contribution in [0.3, 0.4) is 0 Å². The van der Waals surface area contributed by atoms with E-state index in [1.54, 1.807) is 7.05 Å². The Morgan fingerprint density at radius 1 is 1.67 bits per heavy atom. The Balaban J connectivity index is 2.30. The molecule has 1 aromatic heterocycles. The molecule has 0 aliphatic carbocycles. The first-order valence-corrected chi connectivity index (χ1v) is 5.85. The van der Waals surface area contributed by atoms with Crippen LogP contribution < -0.4 is 10.6 Å². The normalized spacial score (nSPS) is 20.3. The molecular formula is C10H17BFN5O. The van der Waals surface area contributed by atoms with E-state index in [1.165, 1.54) is 4.68 Å². The van der Waals surface area contributed by atoms with Gasteiger partial charge in [-0.15, -0.1) is 0 Å². The summed E-state index contributed by atoms with van der Waals surface area (Å²) in [6, 6.07) is 0.223. The van der Waals surface area contributed by atoms with E-state index < -0.39 is 11.7 Å². The summed E-state index contributed by atoms with van der Waals surface area (Å²) in [5.74, 6) is -1.17. The number of amides is 1. The van der Waals surface area contributed by atoms with Gasteiger partial charge in [-0.25, -0.2) is 9.07 Å². The van der Waals surface area contributed by atoms with Crippen LogP contribution in [-0.4, -0.2) is 54.7 Å². The van der Waals surface area contributed by atoms with E-state index >= 15 is 0 Å². The van der Waals surface area contributed by atoms with Gasteiger partial charge in [0, 0.05) is 26.7 Å². The Bertz CT molecular complexity index is 477. The molecule has 1 aromatic rings. The number of nitrogens with two attached hydrogens (primary N) is 1. The van der Waals surface area contributed by atoms with Crippen LogP contribution in [0.2, 0.25) is 0 Å². The third kappa shape index (κ3) is 2.08. The van der Waals surface area contributed by atoms with Gasteiger partial charge in [0.1, 0.15) is 0 Å². The Morgan fingerprint density at radius 2 is 2.33 bits per heavy atom. The highest BCUT2D eigenvalue weighted by atomic mass is 19.1. The molecule has 18 heavy (non-hydrogen) atoms. The topological polar surface area (TPSA) is 67.4 Å². The maximum Gasteiger partial charge on any atom is 0.272 e. The van der Waals surface area contributed by atoms with Crippen LogP contribution in [0.25, 0.3) is 0 Å². The molecule has 1 amide bonds. The number of hydrogen-bond acceptors (Lipinski definition) is 4. The standard InChI is InChI=1S/C10H17BFN5O/c1-15(6-3-4-17(11)5-6)10-7(12)8(9(13)18)14-16(10)2/h6H,3-5,11H2,1-2H3,(H2,13,18)/t6-/m1/s1. The van der Waals surface area contributed by atoms with Crippen LogP contribution in [-0.2, 0) is 7.05 Å². The van der Waals surface area contributed by atoms with Crippen molar-refractivity contribution in [2.45, 2.75) is 12.5 Å². The first kappa shape index (κ1) is 12.9. The number of anilines is 1. The second kappa shape index (κ2) is 4.60. The van der Waals surface area contributed by atoms with Crippen molar-refractivity contribution >= 4 is 19.7 Å². The fourth-order valence-electron chi connectivity index (χ4n) is 2.43. The van der Waals surface area contributed by atoms with Crippen LogP contribution in [0.4, 0.5) is 10.2 Å². The summed E-state index contributed by atoms with van der Waals surface area (Å²) in [5, 5.41) is 3.83. The molecule has 0 saturated carbocycles. The van der Waals surface area contributed by atoms with Crippen molar-refractivity contribution in [1.82, 2.24) is 14.6 Å². The van der Waals surface area contributed by atoms with Crippen molar-refractivity contribution in [2.75, 3.05) is 25.0 Å². The lowest BCUT2D eigenvalue weighted by atomic mass is 10.2. The molecule has 6 nitrogen and oxygen atoms in total. The number of halogens is 1. The Morgan fingerprint density at radius 3 is 2.78 bits per heavy atom. The molecule has 1 aliphatic heterocycles. The van der Waals surface area contributed by atoms with E-state index in [0.717, 1.165) is 19.5 Å². The van der Waals surface area contributed by atoms with Crippen molar-refractivity contribution < 1.29 is 9.18 Å². The zero-order chi connectivity index (χ0) is 13.4. The van der Waals surface area contributed by atoms with Gasteiger partial charge in [0.2, 0.25) is 0 Å². The van der Waals surface area contributed by atoms with Crippen molar-refractivity contribution in [3.05, 3.63) is 11.5 Å². The van der Waals surface area contributed by atoms with Crippen molar-refractivity contribution in [1.29, 1.82) is 0 Å². The molecule has 2 N–H and O–H groups in total. The molecule has 0 unspecified atom stereocenters. The first-order valence-electron chi connectivity index (χ1n) is 5.85. The fraction of sp³-hybridized carbons (Fsp3) is 0.600. The highest BCUT2D eigenvalue weighted by Crippen LogP contribution is 2.25. The summed E-state index contributed by atoms with van der Waals surface area (Å²) in [4.78, 5) is 15.1. The van der Waals surface area contributed by atoms with E-state index in [0.29, 0.717) is 5.82 Å². The number of hydrogen-bond donors (Lipinski definition) is 1. The zero-order valence-corrected chi connectivity index (χ0v) is 10.9. The number of primary amides is 1. The SMILES string of the molecule is BN1CC[C@@H](N(C)c2c(F)c(C(N)=O)nn2C)C1. The lowest BCUT2D eigenvalue weighted by Crippen LogP contribution is -2.35. The van der Waals surface area contributed by atoms with Crippen LogP contribution in [0.15, 0.2) is 0 Å². The number of nitrogens with zero attached hydrogens (tertiary/aromatic N) is 4. The van der Waals surface area contributed by atoms with Gasteiger partial charge < -0.3 is 15.4 Å². The Kier molecular flexibility index (Phi) is 3.29. The molecule has 1 fully saturated rings. The van der Waals surface area contributed by atoms with Gasteiger partial charge in [0.15, 0.2) is 25.3 Å². The van der Waals surface area contributed by atoms with E-state index in [4.69, 9.17) is 5.73 Å².